The SMILES string of the molecule is CCCCc1cc(CN)c(CCCC)c(-c2ccc(-c3ccccc3)cc2)c1.O=[P+](O)O.O=[P+](O)O. The number of hydrogen-bond donors (Lipinski definition) is 5. The Morgan fingerprint density at radius 2 is 1.17 bits per heavy atom. The first kappa shape index (κ1) is 31.7. The molecule has 3 aromatic carbocycles. The van der Waals surface area contributed by atoms with Crippen molar-refractivity contribution in [2.45, 2.75) is 58.9 Å². The van der Waals surface area contributed by atoms with E-state index in [1.54, 1.807) is 0 Å². The average molecular weight is 534 g/mol. The molecule has 0 fully saturated rings. The van der Waals surface area contributed by atoms with Crippen molar-refractivity contribution in [3.8, 4) is 22.3 Å². The monoisotopic (exact) mass is 533 g/mol. The molecule has 36 heavy (non-hydrogen) atoms. The summed E-state index contributed by atoms with van der Waals surface area (Å²) in [6.07, 6.45) is 7.09. The van der Waals surface area contributed by atoms with Gasteiger partial charge in [-0.3, -0.25) is 0 Å². The molecule has 3 aromatic rings. The zero-order valence-electron chi connectivity index (χ0n) is 20.9. The van der Waals surface area contributed by atoms with Gasteiger partial charge in [0.15, 0.2) is 0 Å². The summed E-state index contributed by atoms with van der Waals surface area (Å²) < 4.78 is 17.4. The largest absolute Gasteiger partial charge is 0.692 e. The number of hydrogen-bond acceptors (Lipinski definition) is 3. The van der Waals surface area contributed by atoms with Gasteiger partial charge in [0.05, 0.1) is 0 Å². The lowest BCUT2D eigenvalue weighted by Crippen LogP contribution is -2.05. The predicted molar refractivity (Wildman–Crippen MR) is 147 cm³/mol. The summed E-state index contributed by atoms with van der Waals surface area (Å²) in [5.74, 6) is 0. The second-order valence-corrected chi connectivity index (χ2v) is 9.15. The van der Waals surface area contributed by atoms with Crippen LogP contribution in [0.1, 0.15) is 56.2 Å². The third kappa shape index (κ3) is 12.1. The van der Waals surface area contributed by atoms with Crippen LogP contribution in [0.2, 0.25) is 0 Å². The Kier molecular flexibility index (Phi) is 15.8. The van der Waals surface area contributed by atoms with Gasteiger partial charge in [0.2, 0.25) is 0 Å². The van der Waals surface area contributed by atoms with Gasteiger partial charge in [-0.1, -0.05) is 93.4 Å². The highest BCUT2D eigenvalue weighted by Gasteiger charge is 2.12. The molecule has 0 atom stereocenters. The zero-order chi connectivity index (χ0) is 26.9. The van der Waals surface area contributed by atoms with Gasteiger partial charge in [0.25, 0.3) is 0 Å². The first-order chi connectivity index (χ1) is 17.2. The molecular formula is C27H37NO6P2+2. The first-order valence-electron chi connectivity index (χ1n) is 11.9. The van der Waals surface area contributed by atoms with E-state index in [1.807, 2.05) is 0 Å². The molecule has 0 aliphatic carbocycles. The minimum Gasteiger partial charge on any atom is -0.326 e. The van der Waals surface area contributed by atoms with E-state index < -0.39 is 16.5 Å². The first-order valence-corrected chi connectivity index (χ1v) is 14.3. The Balaban J connectivity index is 0.000000709. The van der Waals surface area contributed by atoms with Gasteiger partial charge >= 0.3 is 16.5 Å². The number of unbranched alkanes of at least 4 members (excludes halogenated alkanes) is 2. The second-order valence-electron chi connectivity index (χ2n) is 8.14. The van der Waals surface area contributed by atoms with Crippen molar-refractivity contribution in [2.75, 3.05) is 0 Å². The van der Waals surface area contributed by atoms with Gasteiger partial charge in [-0.2, -0.15) is 0 Å². The Morgan fingerprint density at radius 3 is 1.67 bits per heavy atom. The molecule has 194 valence electrons. The third-order valence-electron chi connectivity index (χ3n) is 5.52. The predicted octanol–water partition coefficient (Wildman–Crippen LogP) is 6.42. The van der Waals surface area contributed by atoms with Crippen molar-refractivity contribution in [3.63, 3.8) is 0 Å². The van der Waals surface area contributed by atoms with Gasteiger partial charge in [0, 0.05) is 15.7 Å². The van der Waals surface area contributed by atoms with E-state index in [9.17, 15) is 0 Å². The maximum Gasteiger partial charge on any atom is 0.692 e. The van der Waals surface area contributed by atoms with Crippen LogP contribution < -0.4 is 5.73 Å². The molecule has 0 unspecified atom stereocenters. The maximum atomic E-state index is 8.70. The van der Waals surface area contributed by atoms with Crippen LogP contribution >= 0.6 is 16.5 Å². The normalized spacial score (nSPS) is 9.97. The molecule has 0 radical (unpaired) electrons. The molecule has 0 aliphatic rings. The maximum absolute atomic E-state index is 8.70. The van der Waals surface area contributed by atoms with E-state index in [4.69, 9.17) is 34.4 Å². The fourth-order valence-electron chi connectivity index (χ4n) is 3.88. The van der Waals surface area contributed by atoms with Gasteiger partial charge in [-0.05, 0) is 64.6 Å². The van der Waals surface area contributed by atoms with E-state index in [0.717, 1.165) is 12.8 Å². The molecule has 0 aromatic heterocycles. The van der Waals surface area contributed by atoms with Crippen molar-refractivity contribution >= 4 is 16.5 Å². The fourth-order valence-corrected chi connectivity index (χ4v) is 3.88. The quantitative estimate of drug-likeness (QED) is 0.200. The molecule has 9 heteroatoms. The van der Waals surface area contributed by atoms with Crippen LogP contribution in [0, 0.1) is 0 Å². The summed E-state index contributed by atoms with van der Waals surface area (Å²) in [5, 5.41) is 0. The van der Waals surface area contributed by atoms with Gasteiger partial charge < -0.3 is 5.73 Å². The summed E-state index contributed by atoms with van der Waals surface area (Å²) in [6.45, 7) is 5.13. The Bertz CT molecular complexity index is 1060. The Morgan fingerprint density at radius 1 is 0.694 bits per heavy atom. The highest BCUT2D eigenvalue weighted by molar-refractivity contribution is 7.31. The van der Waals surface area contributed by atoms with Crippen LogP contribution in [0.25, 0.3) is 22.3 Å². The molecule has 0 spiro atoms. The second kappa shape index (κ2) is 18.0. The number of benzene rings is 3. The summed E-state index contributed by atoms with van der Waals surface area (Å²) >= 11 is 0. The van der Waals surface area contributed by atoms with Crippen molar-refractivity contribution in [1.82, 2.24) is 0 Å². The molecule has 0 saturated carbocycles. The minimum absolute atomic E-state index is 0.619. The van der Waals surface area contributed by atoms with Gasteiger partial charge in [-0.15, -0.1) is 19.6 Å². The highest BCUT2D eigenvalue weighted by atomic mass is 31.1. The lowest BCUT2D eigenvalue weighted by Gasteiger charge is -2.17. The van der Waals surface area contributed by atoms with E-state index in [1.165, 1.54) is 64.6 Å². The van der Waals surface area contributed by atoms with Gasteiger partial charge in [0.1, 0.15) is 0 Å². The Labute approximate surface area is 215 Å². The summed E-state index contributed by atoms with van der Waals surface area (Å²) in [5.41, 5.74) is 15.6. The standard InChI is InChI=1S/C27H33N.2HO3P/c1-3-5-10-21-18-25(20-28)26(13-6-4-2)27(19-21)24-16-14-23(15-17-24)22-11-8-7-9-12-22;2*1-4(2)3/h7-9,11-12,14-19H,3-6,10,13,20,28H2,1-2H3;2*(H-,1,2,3)/p+2. The number of nitrogens with two attached hydrogens (primary N) is 1. The molecule has 0 bridgehead atoms. The molecule has 3 rings (SSSR count). The summed E-state index contributed by atoms with van der Waals surface area (Å²) in [4.78, 5) is 28.5. The van der Waals surface area contributed by atoms with E-state index >= 15 is 0 Å². The van der Waals surface area contributed by atoms with Crippen molar-refractivity contribution in [3.05, 3.63) is 83.4 Å². The van der Waals surface area contributed by atoms with Crippen LogP contribution in [0.5, 0.6) is 0 Å². The molecule has 0 amide bonds. The van der Waals surface area contributed by atoms with Crippen LogP contribution in [0.15, 0.2) is 66.7 Å². The molecular weight excluding hydrogens is 496 g/mol. The number of aryl methyl sites for hydroxylation is 1. The van der Waals surface area contributed by atoms with Gasteiger partial charge in [-0.25, -0.2) is 0 Å². The molecule has 0 saturated heterocycles. The minimum atomic E-state index is -2.87. The Hall–Kier alpha value is -2.34. The molecule has 6 N–H and O–H groups in total. The van der Waals surface area contributed by atoms with Crippen LogP contribution in [-0.2, 0) is 28.5 Å². The fraction of sp³-hybridized carbons (Fsp3) is 0.333. The molecule has 0 aliphatic heterocycles. The number of rotatable bonds is 9. The molecule has 7 nitrogen and oxygen atoms in total. The molecule has 0 heterocycles. The highest BCUT2D eigenvalue weighted by Crippen LogP contribution is 2.32. The van der Waals surface area contributed by atoms with Crippen molar-refractivity contribution in [1.29, 1.82) is 0 Å². The lowest BCUT2D eigenvalue weighted by atomic mass is 9.88. The summed E-state index contributed by atoms with van der Waals surface area (Å²) in [6, 6.07) is 24.4. The zero-order valence-corrected chi connectivity index (χ0v) is 22.7. The van der Waals surface area contributed by atoms with Crippen LogP contribution in [0.4, 0.5) is 0 Å². The van der Waals surface area contributed by atoms with E-state index in [2.05, 4.69) is 80.6 Å². The topological polar surface area (TPSA) is 141 Å². The van der Waals surface area contributed by atoms with E-state index in [0.29, 0.717) is 6.54 Å². The smallest absolute Gasteiger partial charge is 0.326 e. The van der Waals surface area contributed by atoms with Crippen molar-refractivity contribution < 1.29 is 28.7 Å². The van der Waals surface area contributed by atoms with E-state index in [-0.39, 0.29) is 0 Å². The lowest BCUT2D eigenvalue weighted by molar-refractivity contribution is 0.403. The third-order valence-corrected chi connectivity index (χ3v) is 5.52. The summed E-state index contributed by atoms with van der Waals surface area (Å²) in [7, 11) is -5.74. The average Bonchev–Trinajstić information content (AvgIpc) is 2.86. The van der Waals surface area contributed by atoms with Crippen LogP contribution in [-0.4, -0.2) is 19.6 Å². The van der Waals surface area contributed by atoms with Crippen LogP contribution in [0.3, 0.4) is 0 Å². The van der Waals surface area contributed by atoms with Crippen molar-refractivity contribution in [2.24, 2.45) is 5.73 Å².